The molecule has 4 nitrogen and oxygen atoms in total. The summed E-state index contributed by atoms with van der Waals surface area (Å²) in [6.45, 7) is 1.89. The minimum atomic E-state index is -0.0649. The number of benzene rings is 1. The first-order chi connectivity index (χ1) is 11.2. The Bertz CT molecular complexity index is 832. The lowest BCUT2D eigenvalue weighted by atomic mass is 10.1. The first-order valence-corrected chi connectivity index (χ1v) is 8.37. The molecule has 0 saturated heterocycles. The molecule has 23 heavy (non-hydrogen) atoms. The molecular formula is C18H17N3OS. The Morgan fingerprint density at radius 3 is 2.57 bits per heavy atom. The van der Waals surface area contributed by atoms with Gasteiger partial charge >= 0.3 is 0 Å². The summed E-state index contributed by atoms with van der Waals surface area (Å²) in [5.41, 5.74) is 3.51. The molecule has 1 N–H and O–H groups in total. The second kappa shape index (κ2) is 7.24. The van der Waals surface area contributed by atoms with E-state index in [-0.39, 0.29) is 5.56 Å². The van der Waals surface area contributed by atoms with Crippen LogP contribution in [0.15, 0.2) is 64.7 Å². The maximum Gasteiger partial charge on any atom is 0.255 e. The van der Waals surface area contributed by atoms with Gasteiger partial charge in [-0.25, -0.2) is 4.98 Å². The van der Waals surface area contributed by atoms with Crippen LogP contribution in [0.5, 0.6) is 0 Å². The molecule has 2 aromatic heterocycles. The van der Waals surface area contributed by atoms with Gasteiger partial charge in [0.1, 0.15) is 0 Å². The van der Waals surface area contributed by atoms with Gasteiger partial charge in [-0.2, -0.15) is 0 Å². The zero-order chi connectivity index (χ0) is 16.1. The fourth-order valence-electron chi connectivity index (χ4n) is 2.29. The highest BCUT2D eigenvalue weighted by Gasteiger charge is 2.09. The second-order valence-electron chi connectivity index (χ2n) is 5.21. The Hall–Kier alpha value is -2.40. The maximum absolute atomic E-state index is 12.4. The van der Waals surface area contributed by atoms with Crippen LogP contribution in [-0.2, 0) is 12.2 Å². The highest BCUT2D eigenvalue weighted by atomic mass is 32.2. The standard InChI is InChI=1S/C18H17N3OS/c1-13-16(11-14-7-3-2-4-8-14)17(22)21-18(20-13)23-12-15-9-5-6-10-19-15/h2-10H,11-12H2,1H3,(H,20,21,22). The quantitative estimate of drug-likeness (QED) is 0.578. The minimum Gasteiger partial charge on any atom is -0.301 e. The molecule has 0 unspecified atom stereocenters. The average molecular weight is 323 g/mol. The Balaban J connectivity index is 1.76. The predicted molar refractivity (Wildman–Crippen MR) is 92.6 cm³/mol. The summed E-state index contributed by atoms with van der Waals surface area (Å²) >= 11 is 1.49. The smallest absolute Gasteiger partial charge is 0.255 e. The number of pyridine rings is 1. The van der Waals surface area contributed by atoms with E-state index in [0.717, 1.165) is 22.5 Å². The summed E-state index contributed by atoms with van der Waals surface area (Å²) < 4.78 is 0. The van der Waals surface area contributed by atoms with Gasteiger partial charge in [-0.3, -0.25) is 9.78 Å². The molecule has 0 bridgehead atoms. The number of aryl methyl sites for hydroxylation is 1. The number of H-pyrrole nitrogens is 1. The Morgan fingerprint density at radius 2 is 1.87 bits per heavy atom. The third kappa shape index (κ3) is 4.07. The van der Waals surface area contributed by atoms with Gasteiger partial charge in [0.2, 0.25) is 0 Å². The molecule has 0 saturated carbocycles. The molecule has 2 heterocycles. The van der Waals surface area contributed by atoms with Crippen molar-refractivity contribution in [2.24, 2.45) is 0 Å². The highest BCUT2D eigenvalue weighted by Crippen LogP contribution is 2.18. The van der Waals surface area contributed by atoms with Gasteiger partial charge in [-0.05, 0) is 24.6 Å². The number of hydrogen-bond donors (Lipinski definition) is 1. The minimum absolute atomic E-state index is 0.0649. The van der Waals surface area contributed by atoms with E-state index < -0.39 is 0 Å². The fourth-order valence-corrected chi connectivity index (χ4v) is 3.11. The molecule has 1 aromatic carbocycles. The van der Waals surface area contributed by atoms with Crippen molar-refractivity contribution in [2.45, 2.75) is 24.3 Å². The molecule has 3 aromatic rings. The number of hydrogen-bond acceptors (Lipinski definition) is 4. The molecule has 0 fully saturated rings. The largest absolute Gasteiger partial charge is 0.301 e. The summed E-state index contributed by atoms with van der Waals surface area (Å²) in [5.74, 6) is 0.682. The predicted octanol–water partition coefficient (Wildman–Crippen LogP) is 3.36. The van der Waals surface area contributed by atoms with Gasteiger partial charge < -0.3 is 4.98 Å². The van der Waals surface area contributed by atoms with E-state index in [1.807, 2.05) is 55.5 Å². The molecule has 0 aliphatic carbocycles. The van der Waals surface area contributed by atoms with Crippen LogP contribution in [0.1, 0.15) is 22.5 Å². The summed E-state index contributed by atoms with van der Waals surface area (Å²) in [4.78, 5) is 24.0. The van der Waals surface area contributed by atoms with Crippen LogP contribution in [0.25, 0.3) is 0 Å². The first-order valence-electron chi connectivity index (χ1n) is 7.39. The second-order valence-corrected chi connectivity index (χ2v) is 6.17. The fraction of sp³-hybridized carbons (Fsp3) is 0.167. The van der Waals surface area contributed by atoms with Crippen LogP contribution in [0.4, 0.5) is 0 Å². The molecule has 0 atom stereocenters. The van der Waals surface area contributed by atoms with Gasteiger partial charge in [0.05, 0.1) is 5.69 Å². The lowest BCUT2D eigenvalue weighted by Gasteiger charge is -2.07. The van der Waals surface area contributed by atoms with Crippen molar-refractivity contribution < 1.29 is 0 Å². The van der Waals surface area contributed by atoms with E-state index in [0.29, 0.717) is 17.3 Å². The zero-order valence-corrected chi connectivity index (χ0v) is 13.6. The highest BCUT2D eigenvalue weighted by molar-refractivity contribution is 7.98. The van der Waals surface area contributed by atoms with E-state index >= 15 is 0 Å². The summed E-state index contributed by atoms with van der Waals surface area (Å²) in [5, 5.41) is 0.634. The molecule has 0 aliphatic heterocycles. The number of thioether (sulfide) groups is 1. The van der Waals surface area contributed by atoms with E-state index in [1.54, 1.807) is 6.20 Å². The van der Waals surface area contributed by atoms with Crippen molar-refractivity contribution in [3.05, 3.63) is 87.6 Å². The van der Waals surface area contributed by atoms with Gasteiger partial charge in [0.15, 0.2) is 5.16 Å². The summed E-state index contributed by atoms with van der Waals surface area (Å²) in [6.07, 6.45) is 2.36. The Morgan fingerprint density at radius 1 is 1.09 bits per heavy atom. The summed E-state index contributed by atoms with van der Waals surface area (Å²) in [7, 11) is 0. The molecule has 0 radical (unpaired) electrons. The number of nitrogens with one attached hydrogen (secondary N) is 1. The monoisotopic (exact) mass is 323 g/mol. The van der Waals surface area contributed by atoms with Gasteiger partial charge in [-0.1, -0.05) is 48.2 Å². The third-order valence-electron chi connectivity index (χ3n) is 3.51. The zero-order valence-electron chi connectivity index (χ0n) is 12.8. The number of nitrogens with zero attached hydrogens (tertiary/aromatic N) is 2. The number of aromatic amines is 1. The third-order valence-corrected chi connectivity index (χ3v) is 4.41. The van der Waals surface area contributed by atoms with Crippen LogP contribution in [0.2, 0.25) is 0 Å². The SMILES string of the molecule is Cc1nc(SCc2ccccn2)[nH]c(=O)c1Cc1ccccc1. The van der Waals surface area contributed by atoms with Crippen molar-refractivity contribution in [3.63, 3.8) is 0 Å². The molecular weight excluding hydrogens is 306 g/mol. The van der Waals surface area contributed by atoms with E-state index in [2.05, 4.69) is 15.0 Å². The molecule has 3 rings (SSSR count). The van der Waals surface area contributed by atoms with Crippen LogP contribution >= 0.6 is 11.8 Å². The van der Waals surface area contributed by atoms with E-state index in [1.165, 1.54) is 11.8 Å². The van der Waals surface area contributed by atoms with Crippen molar-refractivity contribution in [1.82, 2.24) is 15.0 Å². The van der Waals surface area contributed by atoms with E-state index in [4.69, 9.17) is 0 Å². The molecule has 5 heteroatoms. The van der Waals surface area contributed by atoms with Gasteiger partial charge in [0, 0.05) is 29.6 Å². The van der Waals surface area contributed by atoms with Gasteiger partial charge in [0.25, 0.3) is 5.56 Å². The lowest BCUT2D eigenvalue weighted by Crippen LogP contribution is -2.17. The molecule has 0 spiro atoms. The first kappa shape index (κ1) is 15.5. The lowest BCUT2D eigenvalue weighted by molar-refractivity contribution is 0.866. The molecule has 0 aliphatic rings. The molecule has 0 amide bonds. The summed E-state index contributed by atoms with van der Waals surface area (Å²) in [6, 6.07) is 15.7. The van der Waals surface area contributed by atoms with Crippen LogP contribution in [0.3, 0.4) is 0 Å². The Kier molecular flexibility index (Phi) is 4.88. The normalized spacial score (nSPS) is 10.7. The Labute approximate surface area is 139 Å². The van der Waals surface area contributed by atoms with Crippen molar-refractivity contribution in [1.29, 1.82) is 0 Å². The van der Waals surface area contributed by atoms with Crippen molar-refractivity contribution in [3.8, 4) is 0 Å². The average Bonchev–Trinajstić information content (AvgIpc) is 2.58. The van der Waals surface area contributed by atoms with Gasteiger partial charge in [-0.15, -0.1) is 0 Å². The van der Waals surface area contributed by atoms with Crippen LogP contribution in [0, 0.1) is 6.92 Å². The van der Waals surface area contributed by atoms with Crippen LogP contribution < -0.4 is 5.56 Å². The van der Waals surface area contributed by atoms with Crippen molar-refractivity contribution in [2.75, 3.05) is 0 Å². The maximum atomic E-state index is 12.4. The van der Waals surface area contributed by atoms with Crippen LogP contribution in [-0.4, -0.2) is 15.0 Å². The van der Waals surface area contributed by atoms with Crippen molar-refractivity contribution >= 4 is 11.8 Å². The topological polar surface area (TPSA) is 58.6 Å². The number of aromatic nitrogens is 3. The number of rotatable bonds is 5. The van der Waals surface area contributed by atoms with E-state index in [9.17, 15) is 4.79 Å². The molecule has 116 valence electrons.